The van der Waals surface area contributed by atoms with Crippen molar-refractivity contribution in [2.45, 2.75) is 49.9 Å². The van der Waals surface area contributed by atoms with Crippen molar-refractivity contribution in [3.63, 3.8) is 0 Å². The molecule has 9 nitrogen and oxygen atoms in total. The summed E-state index contributed by atoms with van der Waals surface area (Å²) >= 11 is 0. The number of aromatic nitrogens is 1. The van der Waals surface area contributed by atoms with Crippen LogP contribution in [-0.2, 0) is 28.2 Å². The normalized spacial score (nSPS) is 20.4. The van der Waals surface area contributed by atoms with E-state index in [1.54, 1.807) is 0 Å². The number of ether oxygens (including phenoxy) is 2. The maximum absolute atomic E-state index is 13.1. The zero-order valence-electron chi connectivity index (χ0n) is 31.9. The van der Waals surface area contributed by atoms with Crippen LogP contribution in [0.15, 0.2) is 71.8 Å². The molecule has 1 fully saturated rings. The molecule has 3 aromatic carbocycles. The zero-order chi connectivity index (χ0) is 37.7. The molecule has 10 heteroatoms. The number of amides is 2. The van der Waals surface area contributed by atoms with Crippen LogP contribution >= 0.6 is 0 Å². The highest BCUT2D eigenvalue weighted by Gasteiger charge is 2.22. The Hall–Kier alpha value is -4.31. The molecule has 0 unspecified atom stereocenters. The molecule has 1 aliphatic rings. The van der Waals surface area contributed by atoms with Crippen molar-refractivity contribution in [2.24, 2.45) is 6.98 Å². The molecular weight excluding hydrogens is 542 g/mol. The van der Waals surface area contributed by atoms with Crippen molar-refractivity contribution in [1.29, 1.82) is 0 Å². The topological polar surface area (TPSA) is 116 Å². The molecule has 2 amide bonds. The standard InChI is InChI=1S/C31H33N3O6S/c1-20-8-4-7-11-29(20)41(37,38)33-30(35)22-13-12-21(28(17-22)39-3)16-23-19-34(2)27-15-14-24(18-26(23)27)32-31(36)40-25-9-5-6-10-25/h4,7-8,11-15,17-19,25H,5-6,9-10,16H2,1-3H3,(H,32,36)(H,33,35)/i1D3,2D3,5D2,6D2. The lowest BCUT2D eigenvalue weighted by atomic mass is 10.0. The van der Waals surface area contributed by atoms with Gasteiger partial charge in [0.15, 0.2) is 0 Å². The second kappa shape index (κ2) is 11.7. The number of sulfonamides is 1. The molecule has 1 saturated carbocycles. The fourth-order valence-electron chi connectivity index (χ4n) is 4.52. The number of nitrogens with zero attached hydrogens (tertiary/aromatic N) is 1. The molecule has 0 bridgehead atoms. The highest BCUT2D eigenvalue weighted by atomic mass is 32.2. The van der Waals surface area contributed by atoms with Crippen LogP contribution in [0.25, 0.3) is 10.9 Å². The van der Waals surface area contributed by atoms with Crippen LogP contribution in [0, 0.1) is 6.85 Å². The molecule has 0 spiro atoms. The van der Waals surface area contributed by atoms with Gasteiger partial charge in [-0.1, -0.05) is 24.3 Å². The van der Waals surface area contributed by atoms with Gasteiger partial charge in [-0.05, 0) is 85.5 Å². The summed E-state index contributed by atoms with van der Waals surface area (Å²) in [5, 5.41) is 2.96. The molecule has 0 aliphatic heterocycles. The van der Waals surface area contributed by atoms with E-state index in [2.05, 4.69) is 5.32 Å². The molecule has 5 rings (SSSR count). The van der Waals surface area contributed by atoms with E-state index in [-0.39, 0.29) is 36.3 Å². The van der Waals surface area contributed by atoms with E-state index in [0.29, 0.717) is 22.0 Å². The number of nitrogens with one attached hydrogen (secondary N) is 2. The monoisotopic (exact) mass is 585 g/mol. The number of carbonyl (C=O) groups is 2. The number of carbonyl (C=O) groups excluding carboxylic acids is 2. The maximum atomic E-state index is 13.1. The van der Waals surface area contributed by atoms with Crippen LogP contribution in [0.5, 0.6) is 5.75 Å². The van der Waals surface area contributed by atoms with E-state index in [4.69, 9.17) is 23.2 Å². The van der Waals surface area contributed by atoms with Gasteiger partial charge in [0.2, 0.25) is 0 Å². The highest BCUT2D eigenvalue weighted by molar-refractivity contribution is 7.90. The summed E-state index contributed by atoms with van der Waals surface area (Å²) in [7, 11) is -3.27. The van der Waals surface area contributed by atoms with Crippen LogP contribution < -0.4 is 14.8 Å². The lowest BCUT2D eigenvalue weighted by molar-refractivity contribution is 0.0980. The van der Waals surface area contributed by atoms with Crippen LogP contribution in [0.1, 0.15) is 66.3 Å². The van der Waals surface area contributed by atoms with Crippen molar-refractivity contribution >= 4 is 38.6 Å². The molecule has 0 radical (unpaired) electrons. The third-order valence-corrected chi connectivity index (χ3v) is 7.91. The number of methoxy groups -OCH3 is 1. The molecule has 0 atom stereocenters. The van der Waals surface area contributed by atoms with E-state index in [9.17, 15) is 18.0 Å². The first-order valence-corrected chi connectivity index (χ1v) is 14.0. The summed E-state index contributed by atoms with van der Waals surface area (Å²) in [6, 6.07) is 13.5. The van der Waals surface area contributed by atoms with E-state index < -0.39 is 65.2 Å². The third kappa shape index (κ3) is 6.22. The largest absolute Gasteiger partial charge is 0.496 e. The van der Waals surface area contributed by atoms with E-state index in [0.717, 1.165) is 16.7 Å². The van der Waals surface area contributed by atoms with Gasteiger partial charge >= 0.3 is 6.09 Å². The Morgan fingerprint density at radius 3 is 2.63 bits per heavy atom. The molecular formula is C31H33N3O6S. The number of rotatable bonds is 8. The minimum Gasteiger partial charge on any atom is -0.496 e. The van der Waals surface area contributed by atoms with Crippen molar-refractivity contribution in [3.8, 4) is 5.75 Å². The minimum atomic E-state index is -4.59. The molecule has 1 aromatic heterocycles. The molecule has 214 valence electrons. The zero-order valence-corrected chi connectivity index (χ0v) is 22.7. The quantitative estimate of drug-likeness (QED) is 0.274. The summed E-state index contributed by atoms with van der Waals surface area (Å²) in [4.78, 5) is 25.2. The van der Waals surface area contributed by atoms with Crippen molar-refractivity contribution in [2.75, 3.05) is 12.4 Å². The Morgan fingerprint density at radius 2 is 1.88 bits per heavy atom. The number of aryl methyl sites for hydroxylation is 2. The van der Waals surface area contributed by atoms with Crippen molar-refractivity contribution in [1.82, 2.24) is 9.29 Å². The lowest BCUT2D eigenvalue weighted by Gasteiger charge is -2.13. The van der Waals surface area contributed by atoms with E-state index in [1.165, 1.54) is 61.8 Å². The average Bonchev–Trinajstić information content (AvgIpc) is 3.47. The maximum Gasteiger partial charge on any atom is 0.411 e. The summed E-state index contributed by atoms with van der Waals surface area (Å²) in [6.45, 7) is -5.34. The smallest absolute Gasteiger partial charge is 0.411 e. The first kappa shape index (κ1) is 18.2. The predicted octanol–water partition coefficient (Wildman–Crippen LogP) is 5.70. The first-order chi connectivity index (χ1) is 23.5. The predicted molar refractivity (Wildman–Crippen MR) is 157 cm³/mol. The third-order valence-electron chi connectivity index (χ3n) is 6.53. The van der Waals surface area contributed by atoms with Gasteiger partial charge < -0.3 is 14.0 Å². The number of fused-ring (bicyclic) bond motifs is 1. The molecule has 41 heavy (non-hydrogen) atoms. The SMILES string of the molecule is [2H]C([2H])([2H])c1ccccc1S(=O)(=O)NC(=O)c1ccc(Cc2cn(C([2H])([2H])[2H])c3ccc(NC(=O)OC4CC([2H])([2H])C([2H])([2H])C4)cc23)c(OC)c1. The van der Waals surface area contributed by atoms with Crippen LogP contribution in [0.2, 0.25) is 0 Å². The Morgan fingerprint density at radius 1 is 1.07 bits per heavy atom. The fourth-order valence-corrected chi connectivity index (χ4v) is 5.60. The Labute approximate surface area is 253 Å². The van der Waals surface area contributed by atoms with Crippen molar-refractivity contribution in [3.05, 3.63) is 89.1 Å². The number of anilines is 1. The highest BCUT2D eigenvalue weighted by Crippen LogP contribution is 2.30. The summed E-state index contributed by atoms with van der Waals surface area (Å²) in [5.41, 5.74) is 0.919. The Bertz CT molecular complexity index is 2100. The first-order valence-electron chi connectivity index (χ1n) is 17.5. The van der Waals surface area contributed by atoms with Crippen LogP contribution in [0.4, 0.5) is 10.5 Å². The number of benzene rings is 3. The number of hydrogen-bond donors (Lipinski definition) is 2. The fraction of sp³-hybridized carbons (Fsp3) is 0.290. The van der Waals surface area contributed by atoms with Gasteiger partial charge in [0.05, 0.1) is 12.0 Å². The average molecular weight is 586 g/mol. The lowest BCUT2D eigenvalue weighted by Crippen LogP contribution is -2.31. The molecule has 0 saturated heterocycles. The Kier molecular flexibility index (Phi) is 5.17. The molecule has 1 heterocycles. The summed E-state index contributed by atoms with van der Waals surface area (Å²) in [5.74, 6) is -0.890. The van der Waals surface area contributed by atoms with Crippen LogP contribution in [0.3, 0.4) is 0 Å². The second-order valence-electron chi connectivity index (χ2n) is 9.30. The van der Waals surface area contributed by atoms with Gasteiger partial charge in [0.25, 0.3) is 15.9 Å². The van der Waals surface area contributed by atoms with Gasteiger partial charge in [-0.25, -0.2) is 17.9 Å². The Balaban J connectivity index is 1.40. The molecule has 1 aliphatic carbocycles. The molecule has 4 aromatic rings. The molecule has 2 N–H and O–H groups in total. The minimum absolute atomic E-state index is 0.0645. The van der Waals surface area contributed by atoms with E-state index >= 15 is 0 Å². The van der Waals surface area contributed by atoms with Gasteiger partial charge in [-0.2, -0.15) is 0 Å². The van der Waals surface area contributed by atoms with Crippen molar-refractivity contribution < 1.29 is 41.2 Å². The number of hydrogen-bond acceptors (Lipinski definition) is 6. The summed E-state index contributed by atoms with van der Waals surface area (Å²) in [6.07, 6.45) is -5.41. The summed E-state index contributed by atoms with van der Waals surface area (Å²) < 4.78 is 118. The van der Waals surface area contributed by atoms with Gasteiger partial charge in [-0.3, -0.25) is 10.1 Å². The second-order valence-corrected chi connectivity index (χ2v) is 11.0. The van der Waals surface area contributed by atoms with E-state index in [1.807, 2.05) is 4.72 Å². The van der Waals surface area contributed by atoms with Gasteiger partial charge in [0, 0.05) is 55.5 Å². The van der Waals surface area contributed by atoms with Crippen LogP contribution in [-0.4, -0.2) is 38.2 Å². The van der Waals surface area contributed by atoms with Gasteiger partial charge in [-0.15, -0.1) is 0 Å². The van der Waals surface area contributed by atoms with Gasteiger partial charge in [0.1, 0.15) is 11.9 Å².